The van der Waals surface area contributed by atoms with Gasteiger partial charge < -0.3 is 4.74 Å². The van der Waals surface area contributed by atoms with Gasteiger partial charge in [-0.2, -0.15) is 8.78 Å². The Morgan fingerprint density at radius 3 is 2.65 bits per heavy atom. The second-order valence-corrected chi connectivity index (χ2v) is 4.88. The van der Waals surface area contributed by atoms with Crippen molar-refractivity contribution in [2.45, 2.75) is 37.7 Å². The van der Waals surface area contributed by atoms with E-state index in [1.54, 1.807) is 25.1 Å². The van der Waals surface area contributed by atoms with Crippen LogP contribution in [-0.2, 0) is 16.6 Å². The molecule has 1 aromatic rings. The third-order valence-corrected chi connectivity index (χ3v) is 3.70. The summed E-state index contributed by atoms with van der Waals surface area (Å²) < 4.78 is 30.7. The van der Waals surface area contributed by atoms with Crippen molar-refractivity contribution in [2.24, 2.45) is 0 Å². The van der Waals surface area contributed by atoms with Gasteiger partial charge in [-0.25, -0.2) is 0 Å². The largest absolute Gasteiger partial charge is 0.432 e. The van der Waals surface area contributed by atoms with Crippen LogP contribution in [0.15, 0.2) is 18.2 Å². The van der Waals surface area contributed by atoms with E-state index in [-0.39, 0.29) is 18.0 Å². The van der Waals surface area contributed by atoms with Crippen molar-refractivity contribution in [1.82, 2.24) is 0 Å². The molecule has 0 aromatic heterocycles. The van der Waals surface area contributed by atoms with Crippen molar-refractivity contribution in [1.29, 1.82) is 0 Å². The summed E-state index contributed by atoms with van der Waals surface area (Å²) >= 11 is 0. The lowest BCUT2D eigenvalue weighted by Crippen LogP contribution is -2.20. The van der Waals surface area contributed by atoms with E-state index in [9.17, 15) is 13.6 Å². The number of hydrogen-bond donors (Lipinski definition) is 0. The highest BCUT2D eigenvalue weighted by molar-refractivity contribution is 5.91. The van der Waals surface area contributed by atoms with Gasteiger partial charge in [0.1, 0.15) is 11.5 Å². The molecule has 2 nitrogen and oxygen atoms in total. The first kappa shape index (κ1) is 10.7. The lowest BCUT2D eigenvalue weighted by Gasteiger charge is -2.13. The van der Waals surface area contributed by atoms with Crippen molar-refractivity contribution >= 4 is 5.78 Å². The summed E-state index contributed by atoms with van der Waals surface area (Å²) in [7, 11) is 0. The van der Waals surface area contributed by atoms with Crippen LogP contribution in [0.25, 0.3) is 0 Å². The van der Waals surface area contributed by atoms with Crippen molar-refractivity contribution in [2.75, 3.05) is 0 Å². The molecule has 1 heterocycles. The van der Waals surface area contributed by atoms with Gasteiger partial charge in [0, 0.05) is 5.56 Å². The minimum atomic E-state index is -3.10. The zero-order valence-electron chi connectivity index (χ0n) is 9.43. The maximum absolute atomic E-state index is 13.1. The molecule has 0 amide bonds. The number of rotatable bonds is 2. The standard InChI is InChI=1S/C13H12F2O2/c1-8(16)12(4-5-12)10-3-2-9-7-13(14,15)17-11(9)6-10/h2-3,6H,4-5,7H2,1H3. The number of carbonyl (C=O) groups excluding carboxylic acids is 1. The minimum Gasteiger partial charge on any atom is -0.432 e. The summed E-state index contributed by atoms with van der Waals surface area (Å²) in [6.45, 7) is 1.55. The fourth-order valence-electron chi connectivity index (χ4n) is 2.48. The molecular weight excluding hydrogens is 226 g/mol. The predicted octanol–water partition coefficient (Wildman–Crippen LogP) is 2.83. The molecular formula is C13H12F2O2. The molecule has 0 saturated heterocycles. The second-order valence-electron chi connectivity index (χ2n) is 4.88. The molecule has 1 aliphatic carbocycles. The molecule has 1 fully saturated rings. The Balaban J connectivity index is 1.99. The monoisotopic (exact) mass is 238 g/mol. The highest BCUT2D eigenvalue weighted by atomic mass is 19.3. The van der Waals surface area contributed by atoms with Crippen LogP contribution in [0.2, 0.25) is 0 Å². The first-order valence-corrected chi connectivity index (χ1v) is 5.64. The molecule has 0 N–H and O–H groups in total. The molecule has 1 aliphatic heterocycles. The number of halogens is 2. The van der Waals surface area contributed by atoms with Crippen LogP contribution >= 0.6 is 0 Å². The Morgan fingerprint density at radius 2 is 2.06 bits per heavy atom. The van der Waals surface area contributed by atoms with Crippen molar-refractivity contribution in [3.05, 3.63) is 29.3 Å². The highest BCUT2D eigenvalue weighted by Gasteiger charge is 2.49. The van der Waals surface area contributed by atoms with Crippen LogP contribution in [0.5, 0.6) is 5.75 Å². The van der Waals surface area contributed by atoms with Crippen molar-refractivity contribution in [3.8, 4) is 5.75 Å². The van der Waals surface area contributed by atoms with E-state index in [0.717, 1.165) is 18.4 Å². The van der Waals surface area contributed by atoms with E-state index >= 15 is 0 Å². The van der Waals surface area contributed by atoms with E-state index in [4.69, 9.17) is 0 Å². The maximum Gasteiger partial charge on any atom is 0.402 e. The average Bonchev–Trinajstić information content (AvgIpc) is 2.95. The summed E-state index contributed by atoms with van der Waals surface area (Å²) in [6, 6.07) is 5.03. The normalized spacial score (nSPS) is 22.8. The molecule has 0 spiro atoms. The molecule has 0 atom stereocenters. The average molecular weight is 238 g/mol. The molecule has 0 radical (unpaired) electrons. The van der Waals surface area contributed by atoms with Gasteiger partial charge in [-0.1, -0.05) is 12.1 Å². The van der Waals surface area contributed by atoms with Crippen molar-refractivity contribution < 1.29 is 18.3 Å². The minimum absolute atomic E-state index is 0.0993. The van der Waals surface area contributed by atoms with Gasteiger partial charge in [0.25, 0.3) is 0 Å². The van der Waals surface area contributed by atoms with Crippen LogP contribution in [0.4, 0.5) is 8.78 Å². The van der Waals surface area contributed by atoms with Gasteiger partial charge in [0.15, 0.2) is 0 Å². The first-order chi connectivity index (χ1) is 7.93. The van der Waals surface area contributed by atoms with Gasteiger partial charge in [-0.15, -0.1) is 0 Å². The summed E-state index contributed by atoms with van der Waals surface area (Å²) in [5.41, 5.74) is 0.885. The van der Waals surface area contributed by atoms with Crippen LogP contribution in [-0.4, -0.2) is 11.9 Å². The van der Waals surface area contributed by atoms with Crippen molar-refractivity contribution in [3.63, 3.8) is 0 Å². The van der Waals surface area contributed by atoms with Gasteiger partial charge in [-0.3, -0.25) is 4.79 Å². The number of fused-ring (bicyclic) bond motifs is 1. The predicted molar refractivity (Wildman–Crippen MR) is 57.3 cm³/mol. The number of benzene rings is 1. The van der Waals surface area contributed by atoms with Crippen LogP contribution < -0.4 is 4.74 Å². The fourth-order valence-corrected chi connectivity index (χ4v) is 2.48. The third-order valence-electron chi connectivity index (χ3n) is 3.70. The SMILES string of the molecule is CC(=O)C1(c2ccc3c(c2)OC(F)(F)C3)CC1. The van der Waals surface area contributed by atoms with Gasteiger partial charge in [-0.05, 0) is 31.4 Å². The fraction of sp³-hybridized carbons (Fsp3) is 0.462. The molecule has 1 saturated carbocycles. The van der Waals surface area contributed by atoms with Gasteiger partial charge in [0.05, 0.1) is 11.8 Å². The third kappa shape index (κ3) is 1.54. The zero-order chi connectivity index (χ0) is 12.3. The molecule has 90 valence electrons. The molecule has 17 heavy (non-hydrogen) atoms. The smallest absolute Gasteiger partial charge is 0.402 e. The van der Waals surface area contributed by atoms with E-state index in [1.165, 1.54) is 0 Å². The molecule has 3 rings (SSSR count). The topological polar surface area (TPSA) is 26.3 Å². The van der Waals surface area contributed by atoms with Crippen LogP contribution in [0.3, 0.4) is 0 Å². The summed E-state index contributed by atoms with van der Waals surface area (Å²) in [5, 5.41) is 0. The number of ether oxygens (including phenoxy) is 1. The molecule has 0 bridgehead atoms. The van der Waals surface area contributed by atoms with E-state index in [2.05, 4.69) is 4.74 Å². The number of alkyl halides is 2. The molecule has 2 aliphatic rings. The van der Waals surface area contributed by atoms with E-state index in [0.29, 0.717) is 5.56 Å². The summed E-state index contributed by atoms with van der Waals surface area (Å²) in [4.78, 5) is 11.6. The summed E-state index contributed by atoms with van der Waals surface area (Å²) in [5.74, 6) is 0.322. The van der Waals surface area contributed by atoms with Crippen LogP contribution in [0, 0.1) is 0 Å². The maximum atomic E-state index is 13.1. The summed E-state index contributed by atoms with van der Waals surface area (Å²) in [6.07, 6.45) is -1.88. The second kappa shape index (κ2) is 3.06. The quantitative estimate of drug-likeness (QED) is 0.792. The van der Waals surface area contributed by atoms with E-state index < -0.39 is 11.5 Å². The van der Waals surface area contributed by atoms with Gasteiger partial charge >= 0.3 is 6.11 Å². The number of carbonyl (C=O) groups is 1. The lowest BCUT2D eigenvalue weighted by atomic mass is 9.91. The van der Waals surface area contributed by atoms with E-state index in [1.807, 2.05) is 0 Å². The molecule has 1 aromatic carbocycles. The Bertz CT molecular complexity index is 504. The highest BCUT2D eigenvalue weighted by Crippen LogP contribution is 2.51. The molecule has 0 unspecified atom stereocenters. The Kier molecular flexibility index (Phi) is 1.92. The Hall–Kier alpha value is -1.45. The van der Waals surface area contributed by atoms with Gasteiger partial charge in [0.2, 0.25) is 0 Å². The zero-order valence-corrected chi connectivity index (χ0v) is 9.43. The molecule has 4 heteroatoms. The number of Topliss-reactive ketones (excluding diaryl/α,β-unsaturated/α-hetero) is 1. The number of ketones is 1. The Morgan fingerprint density at radius 1 is 1.35 bits per heavy atom. The Labute approximate surface area is 97.6 Å². The first-order valence-electron chi connectivity index (χ1n) is 5.64. The number of hydrogen-bond acceptors (Lipinski definition) is 2. The lowest BCUT2D eigenvalue weighted by molar-refractivity contribution is -0.159. The van der Waals surface area contributed by atoms with Crippen LogP contribution in [0.1, 0.15) is 30.9 Å².